The molecule has 1 heterocycles. The zero-order valence-corrected chi connectivity index (χ0v) is 20.5. The average molecular weight is 475 g/mol. The number of ether oxygens (including phenoxy) is 3. The number of nitrogens with zero attached hydrogens (tertiary/aromatic N) is 1. The molecule has 2 aromatic rings. The Morgan fingerprint density at radius 1 is 0.970 bits per heavy atom. The molecule has 0 amide bonds. The Labute approximate surface area is 201 Å². The zero-order valence-electron chi connectivity index (χ0n) is 19.7. The Morgan fingerprint density at radius 2 is 1.64 bits per heavy atom. The van der Waals surface area contributed by atoms with Crippen LogP contribution in [0.15, 0.2) is 30.3 Å². The van der Waals surface area contributed by atoms with Crippen LogP contribution in [0.3, 0.4) is 0 Å². The van der Waals surface area contributed by atoms with Crippen molar-refractivity contribution < 1.29 is 19.0 Å². The van der Waals surface area contributed by atoms with Gasteiger partial charge in [0.2, 0.25) is 0 Å². The molecule has 0 radical (unpaired) electrons. The predicted octanol–water partition coefficient (Wildman–Crippen LogP) is 5.75. The largest absolute Gasteiger partial charge is 0.497 e. The molecule has 0 spiro atoms. The third-order valence-electron chi connectivity index (χ3n) is 6.03. The Kier molecular flexibility index (Phi) is 9.70. The molecule has 0 atom stereocenters. The molecule has 3 rings (SSSR count). The molecular weight excluding hydrogens is 440 g/mol. The zero-order chi connectivity index (χ0) is 23.6. The van der Waals surface area contributed by atoms with Gasteiger partial charge in [0, 0.05) is 18.6 Å². The summed E-state index contributed by atoms with van der Waals surface area (Å²) < 4.78 is 16.7. The standard InChI is InChI=1S/C26H35ClN2O4/c1-31-20-13-19(14-21(15-20)32-2)18-33-26-17-24(28)23(27)16-22(26)25(30)9-5-8-12-29-10-6-3-4-7-11-29/h13-17H,3-12,18,28H2,1-2H3. The Hall–Kier alpha value is -2.44. The van der Waals surface area contributed by atoms with Crippen LogP contribution >= 0.6 is 11.6 Å². The summed E-state index contributed by atoms with van der Waals surface area (Å²) >= 11 is 6.23. The van der Waals surface area contributed by atoms with Crippen molar-refractivity contribution in [3.63, 3.8) is 0 Å². The first-order valence-corrected chi connectivity index (χ1v) is 12.1. The molecule has 1 aliphatic rings. The van der Waals surface area contributed by atoms with Gasteiger partial charge in [-0.2, -0.15) is 0 Å². The Morgan fingerprint density at radius 3 is 2.27 bits per heavy atom. The normalized spacial score (nSPS) is 14.5. The van der Waals surface area contributed by atoms with Gasteiger partial charge in [0.1, 0.15) is 23.9 Å². The topological polar surface area (TPSA) is 74.0 Å². The number of hydrogen-bond donors (Lipinski definition) is 1. The molecule has 2 aromatic carbocycles. The van der Waals surface area contributed by atoms with Crippen LogP contribution in [0.2, 0.25) is 5.02 Å². The number of nitrogens with two attached hydrogens (primary N) is 1. The highest BCUT2D eigenvalue weighted by Crippen LogP contribution is 2.31. The van der Waals surface area contributed by atoms with Gasteiger partial charge in [-0.3, -0.25) is 4.79 Å². The summed E-state index contributed by atoms with van der Waals surface area (Å²) in [4.78, 5) is 15.5. The van der Waals surface area contributed by atoms with Gasteiger partial charge in [0.15, 0.2) is 5.78 Å². The summed E-state index contributed by atoms with van der Waals surface area (Å²) in [5.41, 5.74) is 7.71. The van der Waals surface area contributed by atoms with Crippen LogP contribution in [-0.2, 0) is 6.61 Å². The Bertz CT molecular complexity index is 904. The number of halogens is 1. The van der Waals surface area contributed by atoms with Crippen molar-refractivity contribution in [2.45, 2.75) is 51.6 Å². The van der Waals surface area contributed by atoms with E-state index in [0.29, 0.717) is 39.9 Å². The molecule has 33 heavy (non-hydrogen) atoms. The molecule has 1 saturated heterocycles. The second-order valence-corrected chi connectivity index (χ2v) is 8.92. The van der Waals surface area contributed by atoms with E-state index in [1.807, 2.05) is 12.1 Å². The van der Waals surface area contributed by atoms with Crippen molar-refractivity contribution in [1.82, 2.24) is 4.90 Å². The number of carbonyl (C=O) groups excluding carboxylic acids is 1. The van der Waals surface area contributed by atoms with Crippen LogP contribution in [0.4, 0.5) is 5.69 Å². The molecule has 0 aliphatic carbocycles. The first kappa shape index (κ1) is 25.2. The average Bonchev–Trinajstić information content (AvgIpc) is 3.10. The minimum absolute atomic E-state index is 0.0194. The maximum atomic E-state index is 13.0. The lowest BCUT2D eigenvalue weighted by molar-refractivity contribution is 0.0973. The molecule has 0 bridgehead atoms. The molecule has 0 unspecified atom stereocenters. The van der Waals surface area contributed by atoms with Crippen LogP contribution in [0.5, 0.6) is 17.2 Å². The molecule has 7 heteroatoms. The summed E-state index contributed by atoms with van der Waals surface area (Å²) in [6.07, 6.45) is 7.53. The number of benzene rings is 2. The van der Waals surface area contributed by atoms with Gasteiger partial charge in [-0.25, -0.2) is 0 Å². The van der Waals surface area contributed by atoms with Crippen molar-refractivity contribution in [2.24, 2.45) is 0 Å². The highest BCUT2D eigenvalue weighted by atomic mass is 35.5. The van der Waals surface area contributed by atoms with Gasteiger partial charge in [-0.15, -0.1) is 0 Å². The SMILES string of the molecule is COc1cc(COc2cc(N)c(Cl)cc2C(=O)CCCCN2CCCCCC2)cc(OC)c1. The van der Waals surface area contributed by atoms with Gasteiger partial charge in [0.05, 0.1) is 30.5 Å². The molecule has 180 valence electrons. The first-order chi connectivity index (χ1) is 16.0. The fraction of sp³-hybridized carbons (Fsp3) is 0.500. The molecule has 2 N–H and O–H groups in total. The Balaban J connectivity index is 1.62. The van der Waals surface area contributed by atoms with E-state index in [1.165, 1.54) is 38.8 Å². The summed E-state index contributed by atoms with van der Waals surface area (Å²) in [6, 6.07) is 8.78. The maximum Gasteiger partial charge on any atom is 0.166 e. The highest BCUT2D eigenvalue weighted by molar-refractivity contribution is 6.33. The van der Waals surface area contributed by atoms with Crippen LogP contribution in [0.25, 0.3) is 0 Å². The number of unbranched alkanes of at least 4 members (excludes halogenated alkanes) is 1. The number of likely N-dealkylation sites (tertiary alicyclic amines) is 1. The number of rotatable bonds is 11. The molecule has 1 fully saturated rings. The highest BCUT2D eigenvalue weighted by Gasteiger charge is 2.17. The molecular formula is C26H35ClN2O4. The first-order valence-electron chi connectivity index (χ1n) is 11.7. The van der Waals surface area contributed by atoms with E-state index in [4.69, 9.17) is 31.5 Å². The number of ketones is 1. The van der Waals surface area contributed by atoms with Crippen LogP contribution in [0.1, 0.15) is 60.9 Å². The monoisotopic (exact) mass is 474 g/mol. The molecule has 0 saturated carbocycles. The van der Waals surface area contributed by atoms with Gasteiger partial charge in [-0.1, -0.05) is 24.4 Å². The van der Waals surface area contributed by atoms with Gasteiger partial charge in [-0.05, 0) is 69.1 Å². The number of hydrogen-bond acceptors (Lipinski definition) is 6. The van der Waals surface area contributed by atoms with Gasteiger partial charge >= 0.3 is 0 Å². The van der Waals surface area contributed by atoms with Gasteiger partial charge < -0.3 is 24.8 Å². The van der Waals surface area contributed by atoms with Crippen LogP contribution < -0.4 is 19.9 Å². The number of nitrogen functional groups attached to an aromatic ring is 1. The van der Waals surface area contributed by atoms with E-state index in [-0.39, 0.29) is 12.4 Å². The number of anilines is 1. The smallest absolute Gasteiger partial charge is 0.166 e. The number of Topliss-reactive ketones (excluding diaryl/α,β-unsaturated/α-hetero) is 1. The van der Waals surface area contributed by atoms with Crippen LogP contribution in [0, 0.1) is 0 Å². The lowest BCUT2D eigenvalue weighted by Gasteiger charge is -2.19. The summed E-state index contributed by atoms with van der Waals surface area (Å²) in [5.74, 6) is 1.80. The lowest BCUT2D eigenvalue weighted by atomic mass is 10.0. The third-order valence-corrected chi connectivity index (χ3v) is 6.36. The van der Waals surface area contributed by atoms with Gasteiger partial charge in [0.25, 0.3) is 0 Å². The molecule has 0 aromatic heterocycles. The van der Waals surface area contributed by atoms with E-state index in [1.54, 1.807) is 32.4 Å². The number of methoxy groups -OCH3 is 2. The predicted molar refractivity (Wildman–Crippen MR) is 133 cm³/mol. The van der Waals surface area contributed by atoms with E-state index >= 15 is 0 Å². The van der Waals surface area contributed by atoms with E-state index in [0.717, 1.165) is 24.9 Å². The number of carbonyl (C=O) groups is 1. The minimum Gasteiger partial charge on any atom is -0.497 e. The van der Waals surface area contributed by atoms with Crippen molar-refractivity contribution in [1.29, 1.82) is 0 Å². The summed E-state index contributed by atoms with van der Waals surface area (Å²) in [6.45, 7) is 3.64. The van der Waals surface area contributed by atoms with Crippen molar-refractivity contribution in [3.8, 4) is 17.2 Å². The van der Waals surface area contributed by atoms with E-state index in [9.17, 15) is 4.79 Å². The minimum atomic E-state index is 0.0194. The van der Waals surface area contributed by atoms with E-state index < -0.39 is 0 Å². The second kappa shape index (κ2) is 12.7. The van der Waals surface area contributed by atoms with Crippen LogP contribution in [-0.4, -0.2) is 44.5 Å². The van der Waals surface area contributed by atoms with Crippen molar-refractivity contribution >= 4 is 23.1 Å². The molecule has 1 aliphatic heterocycles. The van der Waals surface area contributed by atoms with Crippen molar-refractivity contribution in [2.75, 3.05) is 39.6 Å². The maximum absolute atomic E-state index is 13.0. The summed E-state index contributed by atoms with van der Waals surface area (Å²) in [7, 11) is 3.20. The van der Waals surface area contributed by atoms with E-state index in [2.05, 4.69) is 4.90 Å². The fourth-order valence-electron chi connectivity index (χ4n) is 4.13. The van der Waals surface area contributed by atoms with Crippen molar-refractivity contribution in [3.05, 3.63) is 46.5 Å². The second-order valence-electron chi connectivity index (χ2n) is 8.52. The quantitative estimate of drug-likeness (QED) is 0.254. The lowest BCUT2D eigenvalue weighted by Crippen LogP contribution is -2.25. The third kappa shape index (κ3) is 7.54. The summed E-state index contributed by atoms with van der Waals surface area (Å²) in [5, 5.41) is 0.360. The molecule has 6 nitrogen and oxygen atoms in total. The fourth-order valence-corrected chi connectivity index (χ4v) is 4.30.